The Bertz CT molecular complexity index is 469. The monoisotopic (exact) mass is 226 g/mol. The molecule has 0 aromatic heterocycles. The van der Waals surface area contributed by atoms with Crippen LogP contribution in [-0.4, -0.2) is 17.0 Å². The number of methoxy groups -OCH3 is 1. The first kappa shape index (κ1) is 11.9. The molecule has 1 rings (SSSR count). The number of nitro benzene ring substituents is 2. The highest BCUT2D eigenvalue weighted by atomic mass is 16.6. The highest BCUT2D eigenvalue weighted by Gasteiger charge is 2.28. The lowest BCUT2D eigenvalue weighted by molar-refractivity contribution is -0.395. The van der Waals surface area contributed by atoms with Gasteiger partial charge >= 0.3 is 5.69 Å². The lowest BCUT2D eigenvalue weighted by Crippen LogP contribution is -2.02. The van der Waals surface area contributed by atoms with Crippen LogP contribution in [0.15, 0.2) is 6.07 Å². The first-order valence-corrected chi connectivity index (χ1v) is 4.37. The highest BCUT2D eigenvalue weighted by Crippen LogP contribution is 2.38. The van der Waals surface area contributed by atoms with E-state index in [4.69, 9.17) is 4.74 Å². The summed E-state index contributed by atoms with van der Waals surface area (Å²) in [4.78, 5) is 20.2. The molecule has 0 radical (unpaired) electrons. The SMILES string of the molecule is COc1c(C)cc([N+](=O)[O-])c(C)c1[N+](=O)[O-]. The molecule has 7 heteroatoms. The van der Waals surface area contributed by atoms with E-state index in [1.165, 1.54) is 27.0 Å². The van der Waals surface area contributed by atoms with E-state index < -0.39 is 9.85 Å². The summed E-state index contributed by atoms with van der Waals surface area (Å²) in [7, 11) is 1.29. The van der Waals surface area contributed by atoms with Gasteiger partial charge in [-0.15, -0.1) is 0 Å². The van der Waals surface area contributed by atoms with Gasteiger partial charge in [0.1, 0.15) is 5.56 Å². The van der Waals surface area contributed by atoms with Crippen LogP contribution >= 0.6 is 0 Å². The molecule has 0 aliphatic rings. The van der Waals surface area contributed by atoms with E-state index in [0.717, 1.165) is 0 Å². The number of nitrogens with zero attached hydrogens (tertiary/aromatic N) is 2. The van der Waals surface area contributed by atoms with Crippen LogP contribution in [0, 0.1) is 34.1 Å². The average molecular weight is 226 g/mol. The Labute approximate surface area is 90.9 Å². The third-order valence-electron chi connectivity index (χ3n) is 2.25. The zero-order valence-electron chi connectivity index (χ0n) is 9.01. The zero-order chi connectivity index (χ0) is 12.5. The molecule has 16 heavy (non-hydrogen) atoms. The molecule has 0 atom stereocenters. The fourth-order valence-electron chi connectivity index (χ4n) is 1.52. The van der Waals surface area contributed by atoms with Gasteiger partial charge in [-0.05, 0) is 13.8 Å². The van der Waals surface area contributed by atoms with Crippen molar-refractivity contribution in [2.45, 2.75) is 13.8 Å². The van der Waals surface area contributed by atoms with Crippen LogP contribution in [0.4, 0.5) is 11.4 Å². The van der Waals surface area contributed by atoms with Crippen LogP contribution in [-0.2, 0) is 0 Å². The van der Waals surface area contributed by atoms with Crippen molar-refractivity contribution in [2.75, 3.05) is 7.11 Å². The van der Waals surface area contributed by atoms with E-state index in [-0.39, 0.29) is 22.7 Å². The highest BCUT2D eigenvalue weighted by molar-refractivity contribution is 5.64. The zero-order valence-corrected chi connectivity index (χ0v) is 9.01. The van der Waals surface area contributed by atoms with Gasteiger partial charge in [-0.3, -0.25) is 20.2 Å². The molecule has 0 fully saturated rings. The molecule has 0 saturated carbocycles. The van der Waals surface area contributed by atoms with E-state index in [1.54, 1.807) is 0 Å². The van der Waals surface area contributed by atoms with Crippen molar-refractivity contribution in [1.82, 2.24) is 0 Å². The molecular formula is C9H10N2O5. The fraction of sp³-hybridized carbons (Fsp3) is 0.333. The van der Waals surface area contributed by atoms with E-state index in [2.05, 4.69) is 0 Å². The molecule has 1 aromatic rings. The van der Waals surface area contributed by atoms with Gasteiger partial charge in [0.05, 0.1) is 17.0 Å². The van der Waals surface area contributed by atoms with Crippen molar-refractivity contribution in [3.05, 3.63) is 37.4 Å². The molecule has 7 nitrogen and oxygen atoms in total. The molecule has 0 spiro atoms. The second-order valence-corrected chi connectivity index (χ2v) is 3.23. The van der Waals surface area contributed by atoms with Gasteiger partial charge < -0.3 is 4.74 Å². The van der Waals surface area contributed by atoms with E-state index >= 15 is 0 Å². The summed E-state index contributed by atoms with van der Waals surface area (Å²) in [6.45, 7) is 2.86. The summed E-state index contributed by atoms with van der Waals surface area (Å²) in [5.74, 6) is 0.0631. The lowest BCUT2D eigenvalue weighted by Gasteiger charge is -2.07. The summed E-state index contributed by atoms with van der Waals surface area (Å²) in [5.41, 5.74) is -0.261. The van der Waals surface area contributed by atoms with E-state index in [1.807, 2.05) is 0 Å². The van der Waals surface area contributed by atoms with Gasteiger partial charge in [-0.25, -0.2) is 0 Å². The Morgan fingerprint density at radius 2 is 1.75 bits per heavy atom. The molecule has 0 heterocycles. The summed E-state index contributed by atoms with van der Waals surface area (Å²) in [6.07, 6.45) is 0. The number of aryl methyl sites for hydroxylation is 1. The Balaban J connectivity index is 3.65. The molecular weight excluding hydrogens is 216 g/mol. The van der Waals surface area contributed by atoms with Crippen LogP contribution in [0.1, 0.15) is 11.1 Å². The van der Waals surface area contributed by atoms with Crippen molar-refractivity contribution >= 4 is 11.4 Å². The van der Waals surface area contributed by atoms with E-state index in [0.29, 0.717) is 5.56 Å². The Hall–Kier alpha value is -2.18. The summed E-state index contributed by atoms with van der Waals surface area (Å²) >= 11 is 0. The van der Waals surface area contributed by atoms with Gasteiger partial charge in [-0.2, -0.15) is 0 Å². The second kappa shape index (κ2) is 4.13. The van der Waals surface area contributed by atoms with Crippen LogP contribution in [0.5, 0.6) is 5.75 Å². The number of ether oxygens (including phenoxy) is 1. The predicted octanol–water partition coefficient (Wildman–Crippen LogP) is 2.13. The molecule has 0 N–H and O–H groups in total. The van der Waals surface area contributed by atoms with Crippen LogP contribution < -0.4 is 4.74 Å². The third kappa shape index (κ3) is 1.79. The van der Waals surface area contributed by atoms with E-state index in [9.17, 15) is 20.2 Å². The Morgan fingerprint density at radius 3 is 2.12 bits per heavy atom. The standard InChI is InChI=1S/C9H10N2O5/c1-5-4-7(10(12)13)6(2)8(11(14)15)9(5)16-3/h4H,1-3H3. The molecule has 0 bridgehead atoms. The van der Waals surface area contributed by atoms with Crippen molar-refractivity contribution in [1.29, 1.82) is 0 Å². The maximum Gasteiger partial charge on any atom is 0.320 e. The molecule has 0 aliphatic heterocycles. The number of hydrogen-bond donors (Lipinski definition) is 0. The quantitative estimate of drug-likeness (QED) is 0.581. The molecule has 0 unspecified atom stereocenters. The molecule has 0 saturated heterocycles. The van der Waals surface area contributed by atoms with Crippen LogP contribution in [0.25, 0.3) is 0 Å². The number of benzene rings is 1. The summed E-state index contributed by atoms with van der Waals surface area (Å²) < 4.78 is 4.89. The smallest absolute Gasteiger partial charge is 0.320 e. The first-order chi connectivity index (χ1) is 7.40. The van der Waals surface area contributed by atoms with Gasteiger partial charge in [0, 0.05) is 11.6 Å². The summed E-state index contributed by atoms with van der Waals surface area (Å²) in [6, 6.07) is 1.27. The van der Waals surface area contributed by atoms with Crippen molar-refractivity contribution < 1.29 is 14.6 Å². The average Bonchev–Trinajstić information content (AvgIpc) is 2.19. The first-order valence-electron chi connectivity index (χ1n) is 4.37. The molecule has 0 amide bonds. The van der Waals surface area contributed by atoms with Crippen molar-refractivity contribution in [3.63, 3.8) is 0 Å². The largest absolute Gasteiger partial charge is 0.490 e. The van der Waals surface area contributed by atoms with Crippen LogP contribution in [0.2, 0.25) is 0 Å². The third-order valence-corrected chi connectivity index (χ3v) is 2.25. The van der Waals surface area contributed by atoms with Gasteiger partial charge in [0.2, 0.25) is 5.75 Å². The maximum atomic E-state index is 10.8. The summed E-state index contributed by atoms with van der Waals surface area (Å²) in [5, 5.41) is 21.5. The minimum absolute atomic E-state index is 0.00236. The normalized spacial score (nSPS) is 9.94. The molecule has 86 valence electrons. The predicted molar refractivity (Wildman–Crippen MR) is 55.8 cm³/mol. The van der Waals surface area contributed by atoms with Gasteiger partial charge in [-0.1, -0.05) is 0 Å². The number of hydrogen-bond acceptors (Lipinski definition) is 5. The maximum absolute atomic E-state index is 10.8. The van der Waals surface area contributed by atoms with Crippen molar-refractivity contribution in [2.24, 2.45) is 0 Å². The van der Waals surface area contributed by atoms with Crippen LogP contribution in [0.3, 0.4) is 0 Å². The van der Waals surface area contributed by atoms with Gasteiger partial charge in [0.15, 0.2) is 0 Å². The molecule has 0 aliphatic carbocycles. The minimum atomic E-state index is -0.672. The minimum Gasteiger partial charge on any atom is -0.490 e. The topological polar surface area (TPSA) is 95.5 Å². The van der Waals surface area contributed by atoms with Gasteiger partial charge in [0.25, 0.3) is 5.69 Å². The molecule has 1 aromatic carbocycles. The fourth-order valence-corrected chi connectivity index (χ4v) is 1.52. The van der Waals surface area contributed by atoms with Crippen molar-refractivity contribution in [3.8, 4) is 5.75 Å². The lowest BCUT2D eigenvalue weighted by atomic mass is 10.1. The Morgan fingerprint density at radius 1 is 1.19 bits per heavy atom. The second-order valence-electron chi connectivity index (χ2n) is 3.23. The number of rotatable bonds is 3. The Kier molecular flexibility index (Phi) is 3.07. The number of nitro groups is 2.